The molecule has 13 heavy (non-hydrogen) atoms. The van der Waals surface area contributed by atoms with Gasteiger partial charge in [-0.05, 0) is 25.2 Å². The van der Waals surface area contributed by atoms with Crippen molar-refractivity contribution in [3.05, 3.63) is 0 Å². The number of hydrogen-bond donors (Lipinski definition) is 2. The van der Waals surface area contributed by atoms with Crippen LogP contribution in [0, 0.1) is 5.41 Å². The zero-order valence-corrected chi connectivity index (χ0v) is 8.68. The minimum absolute atomic E-state index is 0.208. The summed E-state index contributed by atoms with van der Waals surface area (Å²) in [6.45, 7) is 7.25. The van der Waals surface area contributed by atoms with Crippen LogP contribution >= 0.6 is 0 Å². The van der Waals surface area contributed by atoms with Gasteiger partial charge in [0.1, 0.15) is 0 Å². The molecule has 0 saturated carbocycles. The lowest BCUT2D eigenvalue weighted by Crippen LogP contribution is -2.41. The van der Waals surface area contributed by atoms with E-state index in [9.17, 15) is 0 Å². The second-order valence-corrected chi connectivity index (χ2v) is 4.39. The molecule has 0 aromatic heterocycles. The maximum Gasteiger partial charge on any atom is 0.0581 e. The third kappa shape index (κ3) is 3.63. The number of aliphatic hydroxyl groups is 1. The fraction of sp³-hybridized carbons (Fsp3) is 1.00. The second-order valence-electron chi connectivity index (χ2n) is 4.39. The van der Waals surface area contributed by atoms with Crippen LogP contribution in [-0.2, 0) is 4.74 Å². The van der Waals surface area contributed by atoms with Crippen molar-refractivity contribution >= 4 is 0 Å². The SMILES string of the molecule is C[C@@H](CO)NCC1(C)CCOCC1. The predicted octanol–water partition coefficient (Wildman–Crippen LogP) is 0.773. The van der Waals surface area contributed by atoms with Crippen LogP contribution in [0.3, 0.4) is 0 Å². The van der Waals surface area contributed by atoms with Gasteiger partial charge < -0.3 is 15.2 Å². The molecule has 1 saturated heterocycles. The van der Waals surface area contributed by atoms with Crippen LogP contribution in [0.25, 0.3) is 0 Å². The zero-order chi connectivity index (χ0) is 9.73. The molecular weight excluding hydrogens is 166 g/mol. The summed E-state index contributed by atoms with van der Waals surface area (Å²) in [5.41, 5.74) is 0.363. The van der Waals surface area contributed by atoms with E-state index >= 15 is 0 Å². The summed E-state index contributed by atoms with van der Waals surface area (Å²) >= 11 is 0. The maximum absolute atomic E-state index is 8.86. The van der Waals surface area contributed by atoms with Gasteiger partial charge in [-0.25, -0.2) is 0 Å². The lowest BCUT2D eigenvalue weighted by Gasteiger charge is -2.34. The topological polar surface area (TPSA) is 41.5 Å². The van der Waals surface area contributed by atoms with Crippen molar-refractivity contribution in [2.45, 2.75) is 32.7 Å². The monoisotopic (exact) mass is 187 g/mol. The van der Waals surface area contributed by atoms with Gasteiger partial charge in [-0.3, -0.25) is 0 Å². The Hall–Kier alpha value is -0.120. The molecular formula is C10H21NO2. The fourth-order valence-electron chi connectivity index (χ4n) is 1.53. The van der Waals surface area contributed by atoms with Gasteiger partial charge in [-0.2, -0.15) is 0 Å². The Morgan fingerprint density at radius 1 is 1.46 bits per heavy atom. The van der Waals surface area contributed by atoms with Crippen LogP contribution in [-0.4, -0.2) is 37.5 Å². The van der Waals surface area contributed by atoms with Crippen molar-refractivity contribution in [3.63, 3.8) is 0 Å². The average molecular weight is 187 g/mol. The number of ether oxygens (including phenoxy) is 1. The van der Waals surface area contributed by atoms with Gasteiger partial charge in [0, 0.05) is 25.8 Å². The molecule has 1 aliphatic heterocycles. The Bertz CT molecular complexity index is 144. The number of nitrogens with one attached hydrogen (secondary N) is 1. The molecule has 2 N–H and O–H groups in total. The van der Waals surface area contributed by atoms with E-state index in [1.165, 1.54) is 0 Å². The van der Waals surface area contributed by atoms with Crippen LogP contribution < -0.4 is 5.32 Å². The second kappa shape index (κ2) is 4.94. The van der Waals surface area contributed by atoms with Gasteiger partial charge in [0.2, 0.25) is 0 Å². The lowest BCUT2D eigenvalue weighted by molar-refractivity contribution is 0.0222. The maximum atomic E-state index is 8.86. The van der Waals surface area contributed by atoms with Gasteiger partial charge in [0.25, 0.3) is 0 Å². The normalized spacial score (nSPS) is 24.2. The molecule has 0 spiro atoms. The molecule has 0 aromatic rings. The molecule has 0 aromatic carbocycles. The van der Waals surface area contributed by atoms with Crippen molar-refractivity contribution < 1.29 is 9.84 Å². The first-order chi connectivity index (χ1) is 6.16. The van der Waals surface area contributed by atoms with Crippen LogP contribution in [0.2, 0.25) is 0 Å². The molecule has 78 valence electrons. The highest BCUT2D eigenvalue weighted by molar-refractivity contribution is 4.80. The van der Waals surface area contributed by atoms with E-state index in [1.54, 1.807) is 0 Å². The Morgan fingerprint density at radius 2 is 2.08 bits per heavy atom. The summed E-state index contributed by atoms with van der Waals surface area (Å²) in [5.74, 6) is 0. The summed E-state index contributed by atoms with van der Waals surface area (Å²) in [6, 6.07) is 0.208. The van der Waals surface area contributed by atoms with Gasteiger partial charge in [0.15, 0.2) is 0 Å². The van der Waals surface area contributed by atoms with Gasteiger partial charge >= 0.3 is 0 Å². The first-order valence-corrected chi connectivity index (χ1v) is 5.08. The van der Waals surface area contributed by atoms with E-state index in [4.69, 9.17) is 9.84 Å². The van der Waals surface area contributed by atoms with E-state index in [-0.39, 0.29) is 12.6 Å². The van der Waals surface area contributed by atoms with Gasteiger partial charge in [0.05, 0.1) is 6.61 Å². The summed E-state index contributed by atoms with van der Waals surface area (Å²) in [4.78, 5) is 0. The molecule has 1 aliphatic rings. The third-order valence-corrected chi connectivity index (χ3v) is 2.85. The minimum atomic E-state index is 0.208. The van der Waals surface area contributed by atoms with Crippen molar-refractivity contribution in [2.24, 2.45) is 5.41 Å². The molecule has 1 fully saturated rings. The first-order valence-electron chi connectivity index (χ1n) is 5.08. The van der Waals surface area contributed by atoms with Gasteiger partial charge in [-0.1, -0.05) is 6.92 Å². The van der Waals surface area contributed by atoms with Crippen LogP contribution in [0.4, 0.5) is 0 Å². The minimum Gasteiger partial charge on any atom is -0.395 e. The summed E-state index contributed by atoms with van der Waals surface area (Å²) in [5, 5.41) is 12.2. The van der Waals surface area contributed by atoms with Gasteiger partial charge in [-0.15, -0.1) is 0 Å². The van der Waals surface area contributed by atoms with Crippen molar-refractivity contribution in [1.82, 2.24) is 5.32 Å². The van der Waals surface area contributed by atoms with Crippen molar-refractivity contribution in [3.8, 4) is 0 Å². The molecule has 3 nitrogen and oxygen atoms in total. The summed E-state index contributed by atoms with van der Waals surface area (Å²) in [6.07, 6.45) is 2.25. The number of rotatable bonds is 4. The average Bonchev–Trinajstić information content (AvgIpc) is 2.15. The number of hydrogen-bond acceptors (Lipinski definition) is 3. The van der Waals surface area contributed by atoms with Crippen LogP contribution in [0.15, 0.2) is 0 Å². The Morgan fingerprint density at radius 3 is 2.62 bits per heavy atom. The standard InChI is InChI=1S/C10H21NO2/c1-9(7-12)11-8-10(2)3-5-13-6-4-10/h9,11-12H,3-8H2,1-2H3/t9-/m0/s1. The Balaban J connectivity index is 2.24. The van der Waals surface area contributed by atoms with E-state index in [0.29, 0.717) is 5.41 Å². The highest BCUT2D eigenvalue weighted by Gasteiger charge is 2.27. The van der Waals surface area contributed by atoms with Crippen molar-refractivity contribution in [1.29, 1.82) is 0 Å². The molecule has 0 bridgehead atoms. The molecule has 1 atom stereocenters. The van der Waals surface area contributed by atoms with E-state index in [2.05, 4.69) is 12.2 Å². The smallest absolute Gasteiger partial charge is 0.0581 e. The first kappa shape index (κ1) is 11.0. The Kier molecular flexibility index (Phi) is 4.16. The third-order valence-electron chi connectivity index (χ3n) is 2.85. The summed E-state index contributed by atoms with van der Waals surface area (Å²) in [7, 11) is 0. The quantitative estimate of drug-likeness (QED) is 0.683. The molecule has 1 heterocycles. The molecule has 3 heteroatoms. The van der Waals surface area contributed by atoms with Crippen molar-refractivity contribution in [2.75, 3.05) is 26.4 Å². The Labute approximate surface area is 80.5 Å². The van der Waals surface area contributed by atoms with Crippen LogP contribution in [0.1, 0.15) is 26.7 Å². The lowest BCUT2D eigenvalue weighted by atomic mass is 9.82. The zero-order valence-electron chi connectivity index (χ0n) is 8.68. The van der Waals surface area contributed by atoms with E-state index < -0.39 is 0 Å². The highest BCUT2D eigenvalue weighted by atomic mass is 16.5. The molecule has 0 aliphatic carbocycles. The molecule has 0 radical (unpaired) electrons. The summed E-state index contributed by atoms with van der Waals surface area (Å²) < 4.78 is 5.32. The van der Waals surface area contributed by atoms with Crippen LogP contribution in [0.5, 0.6) is 0 Å². The number of aliphatic hydroxyl groups excluding tert-OH is 1. The molecule has 0 unspecified atom stereocenters. The highest BCUT2D eigenvalue weighted by Crippen LogP contribution is 2.28. The molecule has 1 rings (SSSR count). The largest absolute Gasteiger partial charge is 0.395 e. The van der Waals surface area contributed by atoms with E-state index in [0.717, 1.165) is 32.6 Å². The predicted molar refractivity (Wildman–Crippen MR) is 52.7 cm³/mol. The fourth-order valence-corrected chi connectivity index (χ4v) is 1.53. The molecule has 0 amide bonds. The van der Waals surface area contributed by atoms with E-state index in [1.807, 2.05) is 6.92 Å².